The van der Waals surface area contributed by atoms with Crippen molar-refractivity contribution in [3.63, 3.8) is 0 Å². The molecule has 0 heterocycles. The van der Waals surface area contributed by atoms with E-state index in [2.05, 4.69) is 16.3 Å². The summed E-state index contributed by atoms with van der Waals surface area (Å²) in [6.45, 7) is 7.60. The number of halogens is 1. The lowest BCUT2D eigenvalue weighted by atomic mass is 10.0. The molecule has 1 rings (SSSR count). The van der Waals surface area contributed by atoms with E-state index in [9.17, 15) is 9.18 Å². The number of hydrogen-bond donors (Lipinski definition) is 1. The second-order valence-electron chi connectivity index (χ2n) is 3.64. The molecule has 5 heteroatoms. The van der Waals surface area contributed by atoms with Gasteiger partial charge in [0.05, 0.1) is 12.7 Å². The van der Waals surface area contributed by atoms with E-state index in [1.165, 1.54) is 25.5 Å². The number of hydrogen-bond acceptors (Lipinski definition) is 4. The summed E-state index contributed by atoms with van der Waals surface area (Å²) in [5.74, 6) is -1.16. The zero-order chi connectivity index (χ0) is 16.4. The first-order valence-electron chi connectivity index (χ1n) is 6.47. The molecule has 0 saturated carbocycles. The third-order valence-electron chi connectivity index (χ3n) is 2.48. The summed E-state index contributed by atoms with van der Waals surface area (Å²) in [7, 11) is 2.83. The smallest absolute Gasteiger partial charge is 0.339 e. The molecule has 1 aromatic carbocycles. The number of ether oxygens (including phenoxy) is 1. The molecule has 0 saturated heterocycles. The Balaban J connectivity index is 0.00000191. The maximum Gasteiger partial charge on any atom is 0.339 e. The molecule has 21 heavy (non-hydrogen) atoms. The third kappa shape index (κ3) is 4.87. The summed E-state index contributed by atoms with van der Waals surface area (Å²) in [5.41, 5.74) is 6.44. The third-order valence-corrected chi connectivity index (χ3v) is 2.48. The minimum absolute atomic E-state index is 0.0284. The summed E-state index contributed by atoms with van der Waals surface area (Å²) >= 11 is 0. The molecular formula is C16H21FN2O2. The van der Waals surface area contributed by atoms with Gasteiger partial charge in [-0.1, -0.05) is 26.5 Å². The molecular weight excluding hydrogens is 271 g/mol. The van der Waals surface area contributed by atoms with Gasteiger partial charge < -0.3 is 10.5 Å². The number of methoxy groups -OCH3 is 1. The average Bonchev–Trinajstić information content (AvgIpc) is 2.50. The predicted molar refractivity (Wildman–Crippen MR) is 86.1 cm³/mol. The van der Waals surface area contributed by atoms with Crippen LogP contribution in [0.15, 0.2) is 35.9 Å². The van der Waals surface area contributed by atoms with Crippen LogP contribution in [-0.2, 0) is 4.74 Å². The number of aliphatic imine (C=N–C) groups is 1. The Bertz CT molecular complexity index is 564. The van der Waals surface area contributed by atoms with E-state index in [1.807, 2.05) is 13.8 Å². The minimum atomic E-state index is -0.619. The zero-order valence-corrected chi connectivity index (χ0v) is 12.8. The monoisotopic (exact) mass is 292 g/mol. The average molecular weight is 292 g/mol. The molecule has 114 valence electrons. The first-order valence-corrected chi connectivity index (χ1v) is 6.47. The van der Waals surface area contributed by atoms with Gasteiger partial charge in [0.25, 0.3) is 0 Å². The molecule has 0 radical (unpaired) electrons. The summed E-state index contributed by atoms with van der Waals surface area (Å²) in [6.07, 6.45) is 4.56. The Labute approximate surface area is 124 Å². The highest BCUT2D eigenvalue weighted by Crippen LogP contribution is 2.25. The van der Waals surface area contributed by atoms with Gasteiger partial charge in [-0.05, 0) is 23.8 Å². The van der Waals surface area contributed by atoms with Crippen molar-refractivity contribution in [2.45, 2.75) is 13.8 Å². The van der Waals surface area contributed by atoms with Crippen molar-refractivity contribution in [2.24, 2.45) is 4.99 Å². The highest BCUT2D eigenvalue weighted by Gasteiger charge is 2.15. The topological polar surface area (TPSA) is 64.7 Å². The lowest BCUT2D eigenvalue weighted by Crippen LogP contribution is -2.07. The van der Waals surface area contributed by atoms with Crippen LogP contribution < -0.4 is 5.73 Å². The molecule has 0 amide bonds. The molecule has 0 aliphatic heterocycles. The molecule has 0 bridgehead atoms. The van der Waals surface area contributed by atoms with Gasteiger partial charge >= 0.3 is 5.97 Å². The number of nitrogens with zero attached hydrogens (tertiary/aromatic N) is 1. The van der Waals surface area contributed by atoms with Gasteiger partial charge in [0.2, 0.25) is 0 Å². The molecule has 0 aliphatic rings. The number of benzene rings is 1. The van der Waals surface area contributed by atoms with E-state index in [-0.39, 0.29) is 16.8 Å². The number of rotatable bonds is 4. The number of carbonyl (C=O) groups excluding carboxylic acids is 1. The molecule has 0 fully saturated rings. The summed E-state index contributed by atoms with van der Waals surface area (Å²) < 4.78 is 18.5. The van der Waals surface area contributed by atoms with Crippen molar-refractivity contribution in [2.75, 3.05) is 19.9 Å². The largest absolute Gasteiger partial charge is 0.465 e. The number of anilines is 1. The lowest BCUT2D eigenvalue weighted by Gasteiger charge is -2.09. The number of esters is 1. The fourth-order valence-corrected chi connectivity index (χ4v) is 1.52. The molecule has 0 unspecified atom stereocenters. The summed E-state index contributed by atoms with van der Waals surface area (Å²) in [6, 6.07) is 2.43. The van der Waals surface area contributed by atoms with Crippen molar-refractivity contribution >= 4 is 23.4 Å². The maximum absolute atomic E-state index is 13.9. The van der Waals surface area contributed by atoms with E-state index in [4.69, 9.17) is 5.73 Å². The van der Waals surface area contributed by atoms with Crippen LogP contribution in [0.4, 0.5) is 10.1 Å². The minimum Gasteiger partial charge on any atom is -0.465 e. The van der Waals surface area contributed by atoms with E-state index in [1.54, 1.807) is 13.1 Å². The second kappa shape index (κ2) is 9.47. The number of carbonyl (C=O) groups is 1. The molecule has 0 aromatic heterocycles. The highest BCUT2D eigenvalue weighted by molar-refractivity contribution is 5.97. The van der Waals surface area contributed by atoms with Gasteiger partial charge in [-0.15, -0.1) is 0 Å². The van der Waals surface area contributed by atoms with Crippen molar-refractivity contribution in [1.29, 1.82) is 0 Å². The van der Waals surface area contributed by atoms with Gasteiger partial charge in [0.1, 0.15) is 5.82 Å². The van der Waals surface area contributed by atoms with Crippen LogP contribution in [0.5, 0.6) is 0 Å². The zero-order valence-electron chi connectivity index (χ0n) is 12.8. The van der Waals surface area contributed by atoms with Gasteiger partial charge in [-0.3, -0.25) is 4.99 Å². The first kappa shape index (κ1) is 18.6. The molecule has 0 aliphatic carbocycles. The Kier molecular flexibility index (Phi) is 8.37. The normalized spacial score (nSPS) is 10.8. The molecule has 2 N–H and O–H groups in total. The number of allylic oxidation sites excluding steroid dienone is 3. The molecule has 0 atom stereocenters. The highest BCUT2D eigenvalue weighted by atomic mass is 19.1. The quantitative estimate of drug-likeness (QED) is 0.400. The van der Waals surface area contributed by atoms with Crippen molar-refractivity contribution in [1.82, 2.24) is 0 Å². The van der Waals surface area contributed by atoms with Crippen molar-refractivity contribution in [3.05, 3.63) is 47.8 Å². The van der Waals surface area contributed by atoms with Crippen LogP contribution in [0.1, 0.15) is 29.8 Å². The molecule has 0 spiro atoms. The van der Waals surface area contributed by atoms with Gasteiger partial charge in [0, 0.05) is 24.5 Å². The van der Waals surface area contributed by atoms with Crippen LogP contribution in [0.2, 0.25) is 0 Å². The SMILES string of the molecule is C=C/C(=C\C=NC)c1cc(C(=O)OC)c(N)cc1F.CC. The Morgan fingerprint density at radius 3 is 2.48 bits per heavy atom. The lowest BCUT2D eigenvalue weighted by molar-refractivity contribution is 0.0602. The van der Waals surface area contributed by atoms with Gasteiger partial charge in [0.15, 0.2) is 0 Å². The summed E-state index contributed by atoms with van der Waals surface area (Å²) in [5, 5.41) is 0. The van der Waals surface area contributed by atoms with Crippen LogP contribution >= 0.6 is 0 Å². The van der Waals surface area contributed by atoms with Gasteiger partial charge in [-0.25, -0.2) is 9.18 Å². The van der Waals surface area contributed by atoms with Crippen LogP contribution in [-0.4, -0.2) is 26.3 Å². The van der Waals surface area contributed by atoms with E-state index in [0.29, 0.717) is 5.57 Å². The van der Waals surface area contributed by atoms with Crippen molar-refractivity contribution < 1.29 is 13.9 Å². The van der Waals surface area contributed by atoms with Gasteiger partial charge in [-0.2, -0.15) is 0 Å². The predicted octanol–water partition coefficient (Wildman–Crippen LogP) is 3.49. The molecule has 1 aromatic rings. The molecule has 4 nitrogen and oxygen atoms in total. The van der Waals surface area contributed by atoms with Crippen LogP contribution in [0.3, 0.4) is 0 Å². The standard InChI is InChI=1S/C14H15FN2O2.C2H6/c1-4-9(5-6-17-2)10-7-11(14(18)19-3)13(16)8-12(10)15;1-2/h4-8H,1,16H2,2-3H3;1-2H3/b9-5+,17-6?;. The number of nitrogen functional groups attached to an aromatic ring is 1. The Morgan fingerprint density at radius 2 is 2.00 bits per heavy atom. The Hall–Kier alpha value is -2.43. The number of nitrogens with two attached hydrogens (primary N) is 1. The van der Waals surface area contributed by atoms with Crippen LogP contribution in [0, 0.1) is 5.82 Å². The summed E-state index contributed by atoms with van der Waals surface area (Å²) in [4.78, 5) is 15.3. The Morgan fingerprint density at radius 1 is 1.38 bits per heavy atom. The van der Waals surface area contributed by atoms with E-state index in [0.717, 1.165) is 6.07 Å². The fourth-order valence-electron chi connectivity index (χ4n) is 1.52. The maximum atomic E-state index is 13.9. The van der Waals surface area contributed by atoms with E-state index < -0.39 is 11.8 Å². The second-order valence-corrected chi connectivity index (χ2v) is 3.64. The van der Waals surface area contributed by atoms with Crippen molar-refractivity contribution in [3.8, 4) is 0 Å². The van der Waals surface area contributed by atoms with Crippen LogP contribution in [0.25, 0.3) is 5.57 Å². The first-order chi connectivity index (χ1) is 10.0. The fraction of sp³-hybridized carbons (Fsp3) is 0.250. The van der Waals surface area contributed by atoms with E-state index >= 15 is 0 Å².